The molecule has 0 N–H and O–H groups in total. The number of alkyl halides is 2. The monoisotopic (exact) mass is 310 g/mol. The van der Waals surface area contributed by atoms with Crippen molar-refractivity contribution in [3.63, 3.8) is 0 Å². The van der Waals surface area contributed by atoms with Gasteiger partial charge in [-0.3, -0.25) is 9.48 Å². The quantitative estimate of drug-likeness (QED) is 0.840. The summed E-state index contributed by atoms with van der Waals surface area (Å²) in [5.74, 6) is -0.429. The molecule has 0 unspecified atom stereocenters. The summed E-state index contributed by atoms with van der Waals surface area (Å²) in [5, 5.41) is 13.2. The second kappa shape index (κ2) is 6.03. The lowest BCUT2D eigenvalue weighted by Gasteiger charge is -2.42. The van der Waals surface area contributed by atoms with Crippen molar-refractivity contribution in [2.45, 2.75) is 51.6 Å². The standard InChI is InChI=1S/C15H20F2N4O/c1-10(2)8-21-12(13(16)17)11(7-19-21)14(22)20(3)15(9-18)5-4-6-15/h7,10,13H,4-6,8H2,1-3H3. The molecule has 2 rings (SSSR count). The summed E-state index contributed by atoms with van der Waals surface area (Å²) >= 11 is 0. The van der Waals surface area contributed by atoms with Gasteiger partial charge in [0.25, 0.3) is 12.3 Å². The van der Waals surface area contributed by atoms with Gasteiger partial charge in [-0.05, 0) is 25.2 Å². The number of halogens is 2. The number of amides is 1. The minimum atomic E-state index is -2.78. The maximum Gasteiger partial charge on any atom is 0.280 e. The van der Waals surface area contributed by atoms with Crippen molar-refractivity contribution in [1.29, 1.82) is 5.26 Å². The summed E-state index contributed by atoms with van der Waals surface area (Å²) in [4.78, 5) is 13.8. The van der Waals surface area contributed by atoms with E-state index >= 15 is 0 Å². The molecule has 0 aliphatic heterocycles. The summed E-state index contributed by atoms with van der Waals surface area (Å²) in [6.45, 7) is 4.10. The molecule has 1 amide bonds. The highest BCUT2D eigenvalue weighted by Crippen LogP contribution is 2.37. The zero-order chi connectivity index (χ0) is 16.5. The Morgan fingerprint density at radius 3 is 2.59 bits per heavy atom. The van der Waals surface area contributed by atoms with Gasteiger partial charge in [0.15, 0.2) is 0 Å². The van der Waals surface area contributed by atoms with Gasteiger partial charge in [-0.25, -0.2) is 8.78 Å². The molecular weight excluding hydrogens is 290 g/mol. The molecule has 1 heterocycles. The topological polar surface area (TPSA) is 61.9 Å². The minimum absolute atomic E-state index is 0.111. The lowest BCUT2D eigenvalue weighted by atomic mass is 9.76. The van der Waals surface area contributed by atoms with Gasteiger partial charge in [0, 0.05) is 13.6 Å². The molecule has 0 radical (unpaired) electrons. The molecule has 1 aromatic heterocycles. The zero-order valence-corrected chi connectivity index (χ0v) is 13.0. The number of aromatic nitrogens is 2. The SMILES string of the molecule is CC(C)Cn1ncc(C(=O)N(C)C2(C#N)CCC2)c1C(F)F. The molecule has 120 valence electrons. The van der Waals surface area contributed by atoms with Crippen molar-refractivity contribution in [3.8, 4) is 6.07 Å². The van der Waals surface area contributed by atoms with Crippen molar-refractivity contribution in [2.75, 3.05) is 7.05 Å². The molecule has 0 spiro atoms. The first-order valence-corrected chi connectivity index (χ1v) is 7.35. The summed E-state index contributed by atoms with van der Waals surface area (Å²) in [6.07, 6.45) is 0.422. The van der Waals surface area contributed by atoms with Gasteiger partial charge in [0.2, 0.25) is 0 Å². The minimum Gasteiger partial charge on any atom is -0.323 e. The number of hydrogen-bond donors (Lipinski definition) is 0. The molecule has 1 saturated carbocycles. The number of rotatable bonds is 5. The van der Waals surface area contributed by atoms with Crippen LogP contribution in [0, 0.1) is 17.2 Å². The molecule has 0 saturated heterocycles. The summed E-state index contributed by atoms with van der Waals surface area (Å²) in [7, 11) is 1.50. The van der Waals surface area contributed by atoms with E-state index < -0.39 is 17.9 Å². The Hall–Kier alpha value is -1.97. The van der Waals surface area contributed by atoms with Gasteiger partial charge in [-0.15, -0.1) is 0 Å². The van der Waals surface area contributed by atoms with Gasteiger partial charge in [0.1, 0.15) is 11.2 Å². The van der Waals surface area contributed by atoms with Gasteiger partial charge in [0.05, 0.1) is 17.8 Å². The fraction of sp³-hybridized carbons (Fsp3) is 0.667. The van der Waals surface area contributed by atoms with E-state index in [1.807, 2.05) is 13.8 Å². The molecule has 0 atom stereocenters. The molecule has 0 aromatic carbocycles. The summed E-state index contributed by atoms with van der Waals surface area (Å²) < 4.78 is 27.9. The van der Waals surface area contributed by atoms with Crippen LogP contribution in [0.3, 0.4) is 0 Å². The second-order valence-corrected chi connectivity index (χ2v) is 6.18. The molecule has 7 heteroatoms. The van der Waals surface area contributed by atoms with E-state index in [9.17, 15) is 18.8 Å². The van der Waals surface area contributed by atoms with Crippen LogP contribution >= 0.6 is 0 Å². The molecule has 22 heavy (non-hydrogen) atoms. The Morgan fingerprint density at radius 2 is 2.18 bits per heavy atom. The number of nitrogens with zero attached hydrogens (tertiary/aromatic N) is 4. The van der Waals surface area contributed by atoms with E-state index in [1.54, 1.807) is 0 Å². The Balaban J connectivity index is 2.34. The predicted octanol–water partition coefficient (Wildman–Crippen LogP) is 2.99. The average molecular weight is 310 g/mol. The van der Waals surface area contributed by atoms with Gasteiger partial charge in [-0.2, -0.15) is 10.4 Å². The summed E-state index contributed by atoms with van der Waals surface area (Å²) in [6, 6.07) is 2.14. The Labute approximate surface area is 128 Å². The number of hydrogen-bond acceptors (Lipinski definition) is 3. The maximum absolute atomic E-state index is 13.4. The Morgan fingerprint density at radius 1 is 1.55 bits per heavy atom. The van der Waals surface area contributed by atoms with Gasteiger partial charge >= 0.3 is 0 Å². The van der Waals surface area contributed by atoms with Crippen LogP contribution in [0.15, 0.2) is 6.20 Å². The van der Waals surface area contributed by atoms with E-state index in [0.717, 1.165) is 6.42 Å². The normalized spacial score (nSPS) is 16.5. The van der Waals surface area contributed by atoms with E-state index in [0.29, 0.717) is 19.4 Å². The Bertz CT molecular complexity index is 599. The highest BCUT2D eigenvalue weighted by Gasteiger charge is 2.44. The van der Waals surface area contributed by atoms with Crippen LogP contribution in [0.2, 0.25) is 0 Å². The highest BCUT2D eigenvalue weighted by atomic mass is 19.3. The van der Waals surface area contributed by atoms with E-state index in [4.69, 9.17) is 0 Å². The third-order valence-electron chi connectivity index (χ3n) is 4.19. The van der Waals surface area contributed by atoms with Gasteiger partial charge in [-0.1, -0.05) is 13.8 Å². The molecule has 1 aromatic rings. The summed E-state index contributed by atoms with van der Waals surface area (Å²) in [5.41, 5.74) is -1.34. The average Bonchev–Trinajstić information content (AvgIpc) is 2.79. The fourth-order valence-corrected chi connectivity index (χ4v) is 2.69. The highest BCUT2D eigenvalue weighted by molar-refractivity contribution is 5.96. The number of nitriles is 1. The van der Waals surface area contributed by atoms with Crippen LogP contribution in [0.5, 0.6) is 0 Å². The van der Waals surface area contributed by atoms with Crippen molar-refractivity contribution in [2.24, 2.45) is 5.92 Å². The van der Waals surface area contributed by atoms with Crippen LogP contribution < -0.4 is 0 Å². The number of carbonyl (C=O) groups is 1. The van der Waals surface area contributed by atoms with Crippen LogP contribution in [0.25, 0.3) is 0 Å². The molecule has 5 nitrogen and oxygen atoms in total. The van der Waals surface area contributed by atoms with Crippen LogP contribution in [0.4, 0.5) is 8.78 Å². The molecule has 0 bridgehead atoms. The third-order valence-corrected chi connectivity index (χ3v) is 4.19. The second-order valence-electron chi connectivity index (χ2n) is 6.18. The lowest BCUT2D eigenvalue weighted by molar-refractivity contribution is 0.0487. The van der Waals surface area contributed by atoms with Crippen molar-refractivity contribution >= 4 is 5.91 Å². The fourth-order valence-electron chi connectivity index (χ4n) is 2.69. The van der Waals surface area contributed by atoms with Crippen molar-refractivity contribution in [3.05, 3.63) is 17.5 Å². The zero-order valence-electron chi connectivity index (χ0n) is 13.0. The molecule has 1 fully saturated rings. The first-order valence-electron chi connectivity index (χ1n) is 7.35. The first-order chi connectivity index (χ1) is 10.3. The largest absolute Gasteiger partial charge is 0.323 e. The first kappa shape index (κ1) is 16.4. The van der Waals surface area contributed by atoms with E-state index in [2.05, 4.69) is 11.2 Å². The van der Waals surface area contributed by atoms with Gasteiger partial charge < -0.3 is 4.90 Å². The predicted molar refractivity (Wildman–Crippen MR) is 76.3 cm³/mol. The van der Waals surface area contributed by atoms with E-state index in [1.165, 1.54) is 22.8 Å². The maximum atomic E-state index is 13.4. The van der Waals surface area contributed by atoms with Crippen LogP contribution in [-0.4, -0.2) is 33.2 Å². The smallest absolute Gasteiger partial charge is 0.280 e. The molecular formula is C15H20F2N4O. The van der Waals surface area contributed by atoms with E-state index in [-0.39, 0.29) is 17.2 Å². The lowest BCUT2D eigenvalue weighted by Crippen LogP contribution is -2.53. The third kappa shape index (κ3) is 2.70. The van der Waals surface area contributed by atoms with Crippen molar-refractivity contribution < 1.29 is 13.6 Å². The number of carbonyl (C=O) groups excluding carboxylic acids is 1. The molecule has 1 aliphatic carbocycles. The van der Waals surface area contributed by atoms with Crippen LogP contribution in [0.1, 0.15) is 55.6 Å². The Kier molecular flexibility index (Phi) is 4.50. The van der Waals surface area contributed by atoms with Crippen molar-refractivity contribution in [1.82, 2.24) is 14.7 Å². The molecule has 1 aliphatic rings. The van der Waals surface area contributed by atoms with Crippen LogP contribution in [-0.2, 0) is 6.54 Å².